The molecule has 37 heavy (non-hydrogen) atoms. The van der Waals surface area contributed by atoms with Gasteiger partial charge in [-0.1, -0.05) is 24.3 Å². The molecule has 1 unspecified atom stereocenters. The molecule has 184 valence electrons. The molecular formula is C28H25N7O2. The molecule has 0 bridgehead atoms. The Hall–Kier alpha value is -4.68. The van der Waals surface area contributed by atoms with Crippen molar-refractivity contribution in [2.45, 2.75) is 19.0 Å². The third-order valence-corrected chi connectivity index (χ3v) is 7.14. The fourth-order valence-corrected chi connectivity index (χ4v) is 5.15. The van der Waals surface area contributed by atoms with Gasteiger partial charge in [-0.15, -0.1) is 0 Å². The van der Waals surface area contributed by atoms with Gasteiger partial charge >= 0.3 is 5.69 Å². The molecule has 1 fully saturated rings. The predicted octanol–water partition coefficient (Wildman–Crippen LogP) is 3.61. The van der Waals surface area contributed by atoms with E-state index in [1.54, 1.807) is 29.1 Å². The second-order valence-electron chi connectivity index (χ2n) is 9.34. The van der Waals surface area contributed by atoms with Crippen molar-refractivity contribution in [1.82, 2.24) is 28.6 Å². The number of aromatic nitrogens is 5. The van der Waals surface area contributed by atoms with Crippen LogP contribution in [0.4, 0.5) is 0 Å². The Labute approximate surface area is 213 Å². The normalized spacial score (nSPS) is 15.8. The van der Waals surface area contributed by atoms with Crippen LogP contribution in [0.5, 0.6) is 5.75 Å². The number of phenolic OH excluding ortho intramolecular Hbond substituents is 1. The van der Waals surface area contributed by atoms with Crippen LogP contribution in [0.3, 0.4) is 0 Å². The summed E-state index contributed by atoms with van der Waals surface area (Å²) >= 11 is 0. The summed E-state index contributed by atoms with van der Waals surface area (Å²) in [4.78, 5) is 25.1. The number of hydrogen-bond donors (Lipinski definition) is 1. The lowest BCUT2D eigenvalue weighted by Gasteiger charge is -2.16. The highest BCUT2D eigenvalue weighted by Gasteiger charge is 2.29. The number of hydrogen-bond acceptors (Lipinski definition) is 6. The number of nitriles is 1. The second kappa shape index (κ2) is 9.08. The molecule has 5 aromatic rings. The van der Waals surface area contributed by atoms with Crippen LogP contribution in [-0.2, 0) is 13.6 Å². The molecule has 3 aromatic heterocycles. The van der Waals surface area contributed by atoms with E-state index in [2.05, 4.69) is 20.9 Å². The minimum atomic E-state index is -0.110. The van der Waals surface area contributed by atoms with Crippen molar-refractivity contribution >= 4 is 11.2 Å². The Bertz CT molecular complexity index is 1690. The highest BCUT2D eigenvalue weighted by atomic mass is 16.3. The molecule has 9 nitrogen and oxygen atoms in total. The summed E-state index contributed by atoms with van der Waals surface area (Å²) < 4.78 is 5.36. The Balaban J connectivity index is 1.32. The van der Waals surface area contributed by atoms with Crippen LogP contribution in [0.15, 0.2) is 77.9 Å². The van der Waals surface area contributed by atoms with Crippen molar-refractivity contribution in [2.24, 2.45) is 7.05 Å². The second-order valence-corrected chi connectivity index (χ2v) is 9.34. The molecule has 0 saturated carbocycles. The third-order valence-electron chi connectivity index (χ3n) is 7.14. The van der Waals surface area contributed by atoms with Crippen LogP contribution < -0.4 is 5.69 Å². The lowest BCUT2D eigenvalue weighted by atomic mass is 10.1. The zero-order chi connectivity index (χ0) is 25.5. The number of imidazole rings is 2. The maximum Gasteiger partial charge on any atom is 0.335 e. The molecule has 1 saturated heterocycles. The van der Waals surface area contributed by atoms with Gasteiger partial charge in [0, 0.05) is 26.3 Å². The standard InChI is InChI=1S/C28H25N7O2/c1-32-23(15-29)16-31-26(32)18-33-14-12-22(17-33)35-27-25(3-2-13-30-27)34(28(35)37)21-8-4-19(5-9-21)20-6-10-24(36)11-7-20/h2-11,13,16,22,36H,12,14,17-18H2,1H3. The molecule has 0 spiro atoms. The van der Waals surface area contributed by atoms with Gasteiger partial charge in [-0.2, -0.15) is 5.26 Å². The fourth-order valence-electron chi connectivity index (χ4n) is 5.15. The van der Waals surface area contributed by atoms with Gasteiger partial charge < -0.3 is 9.67 Å². The number of nitrogens with zero attached hydrogens (tertiary/aromatic N) is 7. The summed E-state index contributed by atoms with van der Waals surface area (Å²) in [7, 11) is 1.85. The topological polar surface area (TPSA) is 105 Å². The molecule has 1 aliphatic rings. The Morgan fingerprint density at radius 2 is 1.78 bits per heavy atom. The molecule has 6 rings (SSSR count). The van der Waals surface area contributed by atoms with Crippen molar-refractivity contribution < 1.29 is 5.11 Å². The van der Waals surface area contributed by atoms with Crippen molar-refractivity contribution in [1.29, 1.82) is 5.26 Å². The zero-order valence-electron chi connectivity index (χ0n) is 20.3. The molecule has 1 N–H and O–H groups in total. The lowest BCUT2D eigenvalue weighted by molar-refractivity contribution is 0.304. The highest BCUT2D eigenvalue weighted by Crippen LogP contribution is 2.28. The van der Waals surface area contributed by atoms with E-state index < -0.39 is 0 Å². The maximum atomic E-state index is 13.8. The molecule has 0 aliphatic carbocycles. The van der Waals surface area contributed by atoms with E-state index in [4.69, 9.17) is 0 Å². The molecule has 9 heteroatoms. The lowest BCUT2D eigenvalue weighted by Crippen LogP contribution is -2.29. The van der Waals surface area contributed by atoms with E-state index in [1.165, 1.54) is 0 Å². The van der Waals surface area contributed by atoms with Crippen molar-refractivity contribution in [3.63, 3.8) is 0 Å². The third kappa shape index (κ3) is 3.97. The van der Waals surface area contributed by atoms with E-state index in [9.17, 15) is 15.2 Å². The summed E-state index contributed by atoms with van der Waals surface area (Å²) in [6, 6.07) is 20.8. The van der Waals surface area contributed by atoms with E-state index in [-0.39, 0.29) is 17.5 Å². The SMILES string of the molecule is Cn1c(C#N)cnc1CN1CCC(n2c(=O)n(-c3ccc(-c4ccc(O)cc4)cc3)c3cccnc32)C1. The molecule has 0 radical (unpaired) electrons. The minimum absolute atomic E-state index is 0.0156. The monoisotopic (exact) mass is 491 g/mol. The number of pyridine rings is 1. The van der Waals surface area contributed by atoms with Crippen molar-refractivity contribution in [2.75, 3.05) is 13.1 Å². The van der Waals surface area contributed by atoms with Gasteiger partial charge in [0.15, 0.2) is 5.65 Å². The molecule has 1 aliphatic heterocycles. The van der Waals surface area contributed by atoms with Crippen LogP contribution in [0, 0.1) is 11.3 Å². The molecule has 0 amide bonds. The fraction of sp³-hybridized carbons (Fsp3) is 0.214. The van der Waals surface area contributed by atoms with Crippen molar-refractivity contribution in [3.05, 3.63) is 95.1 Å². The van der Waals surface area contributed by atoms with Gasteiger partial charge in [0.2, 0.25) is 0 Å². The average molecular weight is 492 g/mol. The van der Waals surface area contributed by atoms with Crippen LogP contribution >= 0.6 is 0 Å². The molecular weight excluding hydrogens is 466 g/mol. The van der Waals surface area contributed by atoms with Gasteiger partial charge in [0.1, 0.15) is 23.3 Å². The zero-order valence-corrected chi connectivity index (χ0v) is 20.3. The van der Waals surface area contributed by atoms with Gasteiger partial charge in [-0.25, -0.2) is 14.8 Å². The van der Waals surface area contributed by atoms with Crippen molar-refractivity contribution in [3.8, 4) is 28.6 Å². The van der Waals surface area contributed by atoms with E-state index >= 15 is 0 Å². The quantitative estimate of drug-likeness (QED) is 0.403. The summed E-state index contributed by atoms with van der Waals surface area (Å²) in [6.07, 6.45) is 4.14. The first kappa shape index (κ1) is 22.8. The van der Waals surface area contributed by atoms with Gasteiger partial charge in [0.25, 0.3) is 0 Å². The summed E-state index contributed by atoms with van der Waals surface area (Å²) in [5, 5.41) is 18.8. The first-order valence-electron chi connectivity index (χ1n) is 12.1. The number of fused-ring (bicyclic) bond motifs is 1. The predicted molar refractivity (Wildman–Crippen MR) is 139 cm³/mol. The van der Waals surface area contributed by atoms with Crippen LogP contribution in [0.25, 0.3) is 28.0 Å². The number of likely N-dealkylation sites (tertiary alicyclic amines) is 1. The molecule has 4 heterocycles. The average Bonchev–Trinajstić information content (AvgIpc) is 3.60. The number of rotatable bonds is 5. The number of benzene rings is 2. The Morgan fingerprint density at radius 1 is 1.05 bits per heavy atom. The number of phenols is 1. The minimum Gasteiger partial charge on any atom is -0.508 e. The summed E-state index contributed by atoms with van der Waals surface area (Å²) in [6.45, 7) is 2.14. The number of aromatic hydroxyl groups is 1. The molecule has 1 atom stereocenters. The van der Waals surface area contributed by atoms with Crippen LogP contribution in [-0.4, -0.2) is 46.8 Å². The van der Waals surface area contributed by atoms with Gasteiger partial charge in [0.05, 0.1) is 30.0 Å². The Morgan fingerprint density at radius 3 is 2.49 bits per heavy atom. The first-order chi connectivity index (χ1) is 18.0. The largest absolute Gasteiger partial charge is 0.508 e. The van der Waals surface area contributed by atoms with Gasteiger partial charge in [-0.05, 0) is 53.9 Å². The molecule has 2 aromatic carbocycles. The highest BCUT2D eigenvalue weighted by molar-refractivity contribution is 5.75. The van der Waals surface area contributed by atoms with Gasteiger partial charge in [-0.3, -0.25) is 14.0 Å². The summed E-state index contributed by atoms with van der Waals surface area (Å²) in [5.41, 5.74) is 4.63. The maximum absolute atomic E-state index is 13.8. The van der Waals surface area contributed by atoms with E-state index in [1.807, 2.05) is 64.7 Å². The Kier molecular flexibility index (Phi) is 5.58. The van der Waals surface area contributed by atoms with Crippen LogP contribution in [0.1, 0.15) is 24.0 Å². The van der Waals surface area contributed by atoms with E-state index in [0.29, 0.717) is 24.4 Å². The smallest absolute Gasteiger partial charge is 0.335 e. The first-order valence-corrected chi connectivity index (χ1v) is 12.1. The van der Waals surface area contributed by atoms with Crippen LogP contribution in [0.2, 0.25) is 0 Å². The van der Waals surface area contributed by atoms with E-state index in [0.717, 1.165) is 41.1 Å². The summed E-state index contributed by atoms with van der Waals surface area (Å²) in [5.74, 6) is 1.06.